The molecule has 0 atom stereocenters. The Kier molecular flexibility index (Phi) is 3.03. The molecule has 0 fully saturated rings. The van der Waals surface area contributed by atoms with Crippen LogP contribution in [0, 0.1) is 0 Å². The number of halogens is 1. The smallest absolute Gasteiger partial charge is 0.322 e. The Bertz CT molecular complexity index is 367. The van der Waals surface area contributed by atoms with E-state index in [1.165, 1.54) is 0 Å². The first-order chi connectivity index (χ1) is 6.50. The van der Waals surface area contributed by atoms with Crippen molar-refractivity contribution in [2.24, 2.45) is 0 Å². The molecule has 0 radical (unpaired) electrons. The van der Waals surface area contributed by atoms with E-state index in [4.69, 9.17) is 26.9 Å². The molecule has 0 aromatic heterocycles. The van der Waals surface area contributed by atoms with Crippen LogP contribution in [-0.4, -0.2) is 27.8 Å². The summed E-state index contributed by atoms with van der Waals surface area (Å²) in [7, 11) is 0. The first-order valence-corrected chi connectivity index (χ1v) is 4.05. The predicted octanol–water partition coefficient (Wildman–Crippen LogP) is 1.25. The van der Waals surface area contributed by atoms with Gasteiger partial charge in [0.2, 0.25) is 0 Å². The molecular weight excluding hydrogens is 210 g/mol. The highest BCUT2D eigenvalue weighted by Crippen LogP contribution is 2.34. The van der Waals surface area contributed by atoms with Gasteiger partial charge in [-0.15, -0.1) is 0 Å². The summed E-state index contributed by atoms with van der Waals surface area (Å²) in [6.45, 7) is -0.316. The van der Waals surface area contributed by atoms with E-state index in [1.807, 2.05) is 0 Å². The molecular formula is C8H8ClNO4. The Labute approximate surface area is 84.6 Å². The second kappa shape index (κ2) is 4.06. The second-order valence-electron chi connectivity index (χ2n) is 2.57. The molecule has 0 amide bonds. The van der Waals surface area contributed by atoms with Gasteiger partial charge in [0.1, 0.15) is 6.54 Å². The van der Waals surface area contributed by atoms with Gasteiger partial charge in [0, 0.05) is 12.1 Å². The maximum absolute atomic E-state index is 10.2. The third kappa shape index (κ3) is 2.43. The standard InChI is InChI=1S/C8H8ClNO4/c9-4-1-6(11)7(12)2-5(4)10-3-8(13)14/h1-2,10-12H,3H2,(H,13,14). The van der Waals surface area contributed by atoms with Crippen molar-refractivity contribution >= 4 is 23.3 Å². The third-order valence-corrected chi connectivity index (χ3v) is 1.81. The summed E-state index contributed by atoms with van der Waals surface area (Å²) in [5.41, 5.74) is 0.254. The van der Waals surface area contributed by atoms with Crippen LogP contribution >= 0.6 is 11.6 Å². The van der Waals surface area contributed by atoms with Crippen LogP contribution in [0.15, 0.2) is 12.1 Å². The predicted molar refractivity (Wildman–Crippen MR) is 50.9 cm³/mol. The van der Waals surface area contributed by atoms with Crippen molar-refractivity contribution in [3.8, 4) is 11.5 Å². The fourth-order valence-corrected chi connectivity index (χ4v) is 1.08. The van der Waals surface area contributed by atoms with Crippen LogP contribution in [0.25, 0.3) is 0 Å². The maximum Gasteiger partial charge on any atom is 0.322 e. The van der Waals surface area contributed by atoms with Crippen molar-refractivity contribution in [2.75, 3.05) is 11.9 Å². The lowest BCUT2D eigenvalue weighted by atomic mass is 10.2. The molecule has 0 saturated heterocycles. The number of hydrogen-bond acceptors (Lipinski definition) is 4. The second-order valence-corrected chi connectivity index (χ2v) is 2.98. The topological polar surface area (TPSA) is 89.8 Å². The Morgan fingerprint density at radius 3 is 2.50 bits per heavy atom. The molecule has 1 aromatic carbocycles. The number of aromatic hydroxyl groups is 2. The lowest BCUT2D eigenvalue weighted by molar-refractivity contribution is -0.134. The summed E-state index contributed by atoms with van der Waals surface area (Å²) in [5, 5.41) is 29.1. The van der Waals surface area contributed by atoms with Gasteiger partial charge in [0.05, 0.1) is 10.7 Å². The molecule has 0 heterocycles. The number of anilines is 1. The fraction of sp³-hybridized carbons (Fsp3) is 0.125. The largest absolute Gasteiger partial charge is 0.504 e. The van der Waals surface area contributed by atoms with E-state index >= 15 is 0 Å². The average molecular weight is 218 g/mol. The SMILES string of the molecule is O=C(O)CNc1cc(O)c(O)cc1Cl. The van der Waals surface area contributed by atoms with E-state index in [2.05, 4.69) is 5.32 Å². The Balaban J connectivity index is 2.87. The van der Waals surface area contributed by atoms with Crippen LogP contribution in [0.2, 0.25) is 5.02 Å². The lowest BCUT2D eigenvalue weighted by Crippen LogP contribution is -2.12. The number of hydrogen-bond donors (Lipinski definition) is 4. The lowest BCUT2D eigenvalue weighted by Gasteiger charge is -2.07. The van der Waals surface area contributed by atoms with E-state index < -0.39 is 5.97 Å². The van der Waals surface area contributed by atoms with Crippen LogP contribution in [0.1, 0.15) is 0 Å². The molecule has 0 aliphatic carbocycles. The monoisotopic (exact) mass is 217 g/mol. The zero-order valence-corrected chi connectivity index (χ0v) is 7.75. The number of carbonyl (C=O) groups is 1. The summed E-state index contributed by atoms with van der Waals surface area (Å²) < 4.78 is 0. The highest BCUT2D eigenvalue weighted by molar-refractivity contribution is 6.33. The number of carboxylic acid groups (broad SMARTS) is 1. The quantitative estimate of drug-likeness (QED) is 0.452. The summed E-state index contributed by atoms with van der Waals surface area (Å²) in [6, 6.07) is 2.28. The minimum atomic E-state index is -1.05. The highest BCUT2D eigenvalue weighted by Gasteiger charge is 2.07. The van der Waals surface area contributed by atoms with Crippen LogP contribution in [0.4, 0.5) is 5.69 Å². The number of carboxylic acids is 1. The minimum Gasteiger partial charge on any atom is -0.504 e. The van der Waals surface area contributed by atoms with E-state index in [1.54, 1.807) is 0 Å². The molecule has 0 aliphatic heterocycles. The average Bonchev–Trinajstić information content (AvgIpc) is 2.09. The van der Waals surface area contributed by atoms with Crippen LogP contribution < -0.4 is 5.32 Å². The number of rotatable bonds is 3. The van der Waals surface area contributed by atoms with Gasteiger partial charge < -0.3 is 20.6 Å². The molecule has 0 aliphatic rings. The number of phenols is 2. The van der Waals surface area contributed by atoms with Crippen molar-refractivity contribution in [3.05, 3.63) is 17.2 Å². The van der Waals surface area contributed by atoms with E-state index in [0.717, 1.165) is 12.1 Å². The molecule has 0 unspecified atom stereocenters. The van der Waals surface area contributed by atoms with Gasteiger partial charge in [0.25, 0.3) is 0 Å². The number of aliphatic carboxylic acids is 1. The molecule has 1 aromatic rings. The number of phenolic OH excluding ortho intramolecular Hbond substituents is 2. The van der Waals surface area contributed by atoms with Gasteiger partial charge >= 0.3 is 5.97 Å². The van der Waals surface area contributed by atoms with Gasteiger partial charge in [-0.3, -0.25) is 4.79 Å². The van der Waals surface area contributed by atoms with E-state index in [9.17, 15) is 4.79 Å². The Hall–Kier alpha value is -1.62. The Morgan fingerprint density at radius 1 is 1.36 bits per heavy atom. The van der Waals surface area contributed by atoms with Crippen LogP contribution in [-0.2, 0) is 4.79 Å². The molecule has 1 rings (SSSR count). The minimum absolute atomic E-state index is 0.140. The zero-order valence-electron chi connectivity index (χ0n) is 6.99. The van der Waals surface area contributed by atoms with E-state index in [-0.39, 0.29) is 28.8 Å². The highest BCUT2D eigenvalue weighted by atomic mass is 35.5. The number of benzene rings is 1. The Morgan fingerprint density at radius 2 is 1.93 bits per heavy atom. The van der Waals surface area contributed by atoms with Gasteiger partial charge in [-0.25, -0.2) is 0 Å². The van der Waals surface area contributed by atoms with Crippen molar-refractivity contribution in [3.63, 3.8) is 0 Å². The molecule has 5 nitrogen and oxygen atoms in total. The molecule has 0 spiro atoms. The van der Waals surface area contributed by atoms with Crippen LogP contribution in [0.3, 0.4) is 0 Å². The molecule has 0 bridgehead atoms. The molecule has 76 valence electrons. The third-order valence-electron chi connectivity index (χ3n) is 1.49. The molecule has 14 heavy (non-hydrogen) atoms. The normalized spacial score (nSPS) is 9.79. The van der Waals surface area contributed by atoms with E-state index in [0.29, 0.717) is 0 Å². The van der Waals surface area contributed by atoms with Gasteiger partial charge in [-0.2, -0.15) is 0 Å². The molecule has 4 N–H and O–H groups in total. The van der Waals surface area contributed by atoms with Crippen LogP contribution in [0.5, 0.6) is 11.5 Å². The van der Waals surface area contributed by atoms with Crippen molar-refractivity contribution in [2.45, 2.75) is 0 Å². The van der Waals surface area contributed by atoms with Crippen molar-refractivity contribution < 1.29 is 20.1 Å². The first-order valence-electron chi connectivity index (χ1n) is 3.68. The summed E-state index contributed by atoms with van der Waals surface area (Å²) in [6.07, 6.45) is 0. The molecule has 6 heteroatoms. The van der Waals surface area contributed by atoms with Gasteiger partial charge in [0.15, 0.2) is 11.5 Å². The molecule has 0 saturated carbocycles. The summed E-state index contributed by atoms with van der Waals surface area (Å²) in [4.78, 5) is 10.2. The first kappa shape index (κ1) is 10.5. The van der Waals surface area contributed by atoms with Gasteiger partial charge in [-0.1, -0.05) is 11.6 Å². The summed E-state index contributed by atoms with van der Waals surface area (Å²) in [5.74, 6) is -1.76. The van der Waals surface area contributed by atoms with Crippen molar-refractivity contribution in [1.29, 1.82) is 0 Å². The summed E-state index contributed by atoms with van der Waals surface area (Å²) >= 11 is 5.66. The maximum atomic E-state index is 10.2. The fourth-order valence-electron chi connectivity index (χ4n) is 0.858. The van der Waals surface area contributed by atoms with Gasteiger partial charge in [-0.05, 0) is 0 Å². The number of nitrogens with one attached hydrogen (secondary N) is 1. The van der Waals surface area contributed by atoms with Crippen molar-refractivity contribution in [1.82, 2.24) is 0 Å². The zero-order chi connectivity index (χ0) is 10.7.